The van der Waals surface area contributed by atoms with Crippen molar-refractivity contribution < 1.29 is 22.7 Å². The van der Waals surface area contributed by atoms with Crippen LogP contribution in [0.1, 0.15) is 28.6 Å². The van der Waals surface area contributed by atoms with E-state index in [1.54, 1.807) is 6.07 Å². The van der Waals surface area contributed by atoms with Gasteiger partial charge in [0.25, 0.3) is 0 Å². The minimum Gasteiger partial charge on any atom is -0.460 e. The number of hydrogen-bond donors (Lipinski definition) is 0. The van der Waals surface area contributed by atoms with E-state index in [0.29, 0.717) is 33.4 Å². The van der Waals surface area contributed by atoms with Crippen molar-refractivity contribution >= 4 is 44.4 Å². The van der Waals surface area contributed by atoms with Gasteiger partial charge in [0.2, 0.25) is 0 Å². The highest BCUT2D eigenvalue weighted by atomic mass is 79.9. The third kappa shape index (κ3) is 2.75. The monoisotopic (exact) mass is 424 g/mol. The molecule has 3 nitrogen and oxygen atoms in total. The molecule has 1 aliphatic rings. The molecule has 1 aromatic heterocycles. The summed E-state index contributed by atoms with van der Waals surface area (Å²) >= 11 is 3.51. The van der Waals surface area contributed by atoms with Gasteiger partial charge >= 0.3 is 5.44 Å². The van der Waals surface area contributed by atoms with Crippen LogP contribution in [0.25, 0.3) is 11.0 Å². The molecule has 128 valence electrons. The summed E-state index contributed by atoms with van der Waals surface area (Å²) in [7, 11) is 0. The van der Waals surface area contributed by atoms with Crippen molar-refractivity contribution in [2.24, 2.45) is 0 Å². The first kappa shape index (κ1) is 16.6. The van der Waals surface area contributed by atoms with Crippen molar-refractivity contribution in [2.45, 2.75) is 23.7 Å². The molecule has 2 heterocycles. The number of carbonyl (C=O) groups excluding carboxylic acids is 1. The van der Waals surface area contributed by atoms with Gasteiger partial charge in [0.05, 0.1) is 14.9 Å². The molecule has 25 heavy (non-hydrogen) atoms. The maximum atomic E-state index is 13.5. The fourth-order valence-corrected chi connectivity index (χ4v) is 4.36. The van der Waals surface area contributed by atoms with Gasteiger partial charge in [-0.1, -0.05) is 25.1 Å². The number of aryl methyl sites for hydroxylation is 1. The van der Waals surface area contributed by atoms with E-state index in [1.165, 1.54) is 12.1 Å². The Hall–Kier alpha value is -1.86. The molecule has 4 rings (SSSR count). The fraction of sp³-hybridized carbons (Fsp3) is 0.167. The SMILES string of the molecule is CCc1oc2ccccc2c1C(=O)c1cc(Br)c2c(c1)SC(F)(F)O2. The van der Waals surface area contributed by atoms with E-state index in [-0.39, 0.29) is 28.2 Å². The summed E-state index contributed by atoms with van der Waals surface area (Å²) in [6.45, 7) is 1.90. The Labute approximate surface area is 154 Å². The van der Waals surface area contributed by atoms with Crippen molar-refractivity contribution in [1.82, 2.24) is 0 Å². The second-order valence-electron chi connectivity index (χ2n) is 5.53. The van der Waals surface area contributed by atoms with E-state index >= 15 is 0 Å². The minimum absolute atomic E-state index is 0.0549. The van der Waals surface area contributed by atoms with Gasteiger partial charge in [0, 0.05) is 17.4 Å². The molecule has 0 N–H and O–H groups in total. The molecule has 0 saturated heterocycles. The van der Waals surface area contributed by atoms with Gasteiger partial charge in [0.1, 0.15) is 11.3 Å². The summed E-state index contributed by atoms with van der Waals surface area (Å²) in [6.07, 6.45) is 0.553. The average molecular weight is 425 g/mol. The molecule has 0 bridgehead atoms. The zero-order valence-corrected chi connectivity index (χ0v) is 15.3. The number of ketones is 1. The zero-order valence-electron chi connectivity index (χ0n) is 12.9. The Morgan fingerprint density at radius 2 is 2.04 bits per heavy atom. The first-order valence-electron chi connectivity index (χ1n) is 7.54. The molecule has 0 saturated carbocycles. The number of benzene rings is 2. The number of alkyl halides is 2. The average Bonchev–Trinajstić information content (AvgIpc) is 3.10. The van der Waals surface area contributed by atoms with Gasteiger partial charge in [0.15, 0.2) is 11.5 Å². The van der Waals surface area contributed by atoms with Crippen LogP contribution in [0.2, 0.25) is 0 Å². The lowest BCUT2D eigenvalue weighted by Crippen LogP contribution is -2.13. The summed E-state index contributed by atoms with van der Waals surface area (Å²) in [5, 5.41) is 0.718. The molecular formula is C18H11BrF2O3S. The van der Waals surface area contributed by atoms with Crippen LogP contribution in [0.4, 0.5) is 8.78 Å². The third-order valence-electron chi connectivity index (χ3n) is 3.94. The van der Waals surface area contributed by atoms with Crippen molar-refractivity contribution in [3.05, 3.63) is 57.8 Å². The lowest BCUT2D eigenvalue weighted by molar-refractivity contribution is -0.0826. The molecule has 0 fully saturated rings. The van der Waals surface area contributed by atoms with E-state index in [9.17, 15) is 13.6 Å². The Kier molecular flexibility index (Phi) is 3.88. The van der Waals surface area contributed by atoms with Crippen LogP contribution in [-0.2, 0) is 6.42 Å². The number of thioether (sulfide) groups is 1. The van der Waals surface area contributed by atoms with Crippen molar-refractivity contribution in [3.8, 4) is 5.75 Å². The molecule has 3 aromatic rings. The molecule has 2 aromatic carbocycles. The van der Waals surface area contributed by atoms with Gasteiger partial charge in [-0.25, -0.2) is 0 Å². The third-order valence-corrected chi connectivity index (χ3v) is 5.37. The Balaban J connectivity index is 1.85. The zero-order chi connectivity index (χ0) is 17.8. The van der Waals surface area contributed by atoms with Gasteiger partial charge in [-0.3, -0.25) is 4.79 Å². The van der Waals surface area contributed by atoms with Crippen LogP contribution in [0.5, 0.6) is 5.75 Å². The van der Waals surface area contributed by atoms with Gasteiger partial charge in [-0.2, -0.15) is 8.78 Å². The number of carbonyl (C=O) groups is 1. The highest BCUT2D eigenvalue weighted by Crippen LogP contribution is 2.52. The highest BCUT2D eigenvalue weighted by Gasteiger charge is 2.43. The highest BCUT2D eigenvalue weighted by molar-refractivity contribution is 9.10. The maximum Gasteiger partial charge on any atom is 0.457 e. The van der Waals surface area contributed by atoms with Crippen molar-refractivity contribution in [1.29, 1.82) is 0 Å². The summed E-state index contributed by atoms with van der Waals surface area (Å²) < 4.78 is 37.6. The number of rotatable bonds is 3. The topological polar surface area (TPSA) is 39.4 Å². The van der Waals surface area contributed by atoms with Gasteiger partial charge in [-0.15, -0.1) is 0 Å². The molecule has 0 unspecified atom stereocenters. The van der Waals surface area contributed by atoms with Crippen LogP contribution in [0.3, 0.4) is 0 Å². The van der Waals surface area contributed by atoms with Crippen LogP contribution in [0.15, 0.2) is 50.2 Å². The molecular weight excluding hydrogens is 414 g/mol. The van der Waals surface area contributed by atoms with Crippen LogP contribution in [0, 0.1) is 0 Å². The summed E-state index contributed by atoms with van der Waals surface area (Å²) in [6, 6.07) is 10.2. The smallest absolute Gasteiger partial charge is 0.457 e. The number of fused-ring (bicyclic) bond motifs is 2. The summed E-state index contributed by atoms with van der Waals surface area (Å²) in [5.74, 6) is 0.373. The Morgan fingerprint density at radius 3 is 2.80 bits per heavy atom. The van der Waals surface area contributed by atoms with Crippen LogP contribution in [-0.4, -0.2) is 11.2 Å². The predicted molar refractivity (Wildman–Crippen MR) is 94.6 cm³/mol. The van der Waals surface area contributed by atoms with E-state index in [2.05, 4.69) is 20.7 Å². The van der Waals surface area contributed by atoms with Crippen LogP contribution < -0.4 is 4.74 Å². The standard InChI is InChI=1S/C18H11BrF2O3S/c1-2-12-15(10-5-3-4-6-13(10)23-12)16(22)9-7-11(19)17-14(8-9)25-18(20,21)24-17/h3-8H,2H2,1H3. The number of ether oxygens (including phenoxy) is 1. The normalized spacial score (nSPS) is 15.2. The van der Waals surface area contributed by atoms with E-state index in [1.807, 2.05) is 25.1 Å². The van der Waals surface area contributed by atoms with Crippen molar-refractivity contribution in [2.75, 3.05) is 0 Å². The predicted octanol–water partition coefficient (Wildman–Crippen LogP) is 6.02. The second kappa shape index (κ2) is 5.85. The molecule has 0 amide bonds. The van der Waals surface area contributed by atoms with E-state index < -0.39 is 5.44 Å². The summed E-state index contributed by atoms with van der Waals surface area (Å²) in [5.41, 5.74) is -1.92. The second-order valence-corrected chi connectivity index (χ2v) is 7.51. The van der Waals surface area contributed by atoms with Crippen LogP contribution >= 0.6 is 27.7 Å². The molecule has 0 atom stereocenters. The fourth-order valence-electron chi connectivity index (χ4n) is 2.88. The largest absolute Gasteiger partial charge is 0.460 e. The molecule has 0 spiro atoms. The molecule has 0 radical (unpaired) electrons. The molecule has 7 heteroatoms. The first-order chi connectivity index (χ1) is 11.9. The first-order valence-corrected chi connectivity index (χ1v) is 9.15. The number of para-hydroxylation sites is 1. The van der Waals surface area contributed by atoms with Gasteiger partial charge < -0.3 is 9.15 Å². The number of furan rings is 1. The lowest BCUT2D eigenvalue weighted by atomic mass is 9.99. The van der Waals surface area contributed by atoms with Gasteiger partial charge in [-0.05, 0) is 45.9 Å². The quantitative estimate of drug-likeness (QED) is 0.481. The number of halogens is 3. The van der Waals surface area contributed by atoms with E-state index in [4.69, 9.17) is 4.42 Å². The summed E-state index contributed by atoms with van der Waals surface area (Å²) in [4.78, 5) is 13.3. The molecule has 1 aliphatic heterocycles. The molecule has 0 aliphatic carbocycles. The lowest BCUT2D eigenvalue weighted by Gasteiger charge is -2.07. The minimum atomic E-state index is -3.33. The van der Waals surface area contributed by atoms with E-state index in [0.717, 1.165) is 5.39 Å². The Morgan fingerprint density at radius 1 is 1.28 bits per heavy atom. The number of hydrogen-bond acceptors (Lipinski definition) is 4. The Bertz CT molecular complexity index is 1010. The maximum absolute atomic E-state index is 13.5. The van der Waals surface area contributed by atoms with Crippen molar-refractivity contribution in [3.63, 3.8) is 0 Å².